The number of aromatic nitrogens is 2. The number of hydrogen-bond acceptors (Lipinski definition) is 2. The summed E-state index contributed by atoms with van der Waals surface area (Å²) >= 11 is 0. The van der Waals surface area contributed by atoms with Crippen molar-refractivity contribution in [2.24, 2.45) is 0 Å². The lowest BCUT2D eigenvalue weighted by molar-refractivity contribution is -0.136. The summed E-state index contributed by atoms with van der Waals surface area (Å²) in [6.45, 7) is 4.19. The Morgan fingerprint density at radius 2 is 2.05 bits per heavy atom. The molecule has 0 unspecified atom stereocenters. The minimum Gasteiger partial charge on any atom is -0.481 e. The van der Waals surface area contributed by atoms with E-state index in [-0.39, 0.29) is 6.42 Å². The summed E-state index contributed by atoms with van der Waals surface area (Å²) in [5.74, 6) is -0.853. The number of pyridine rings is 1. The molecule has 2 aromatic heterocycles. The fourth-order valence-electron chi connectivity index (χ4n) is 2.54. The first-order valence-corrected chi connectivity index (χ1v) is 6.80. The number of hydrogen-bond donors (Lipinski definition) is 1. The summed E-state index contributed by atoms with van der Waals surface area (Å²) in [5.41, 5.74) is 6.14. The van der Waals surface area contributed by atoms with Gasteiger partial charge >= 0.3 is 5.97 Å². The highest BCUT2D eigenvalue weighted by Crippen LogP contribution is 2.26. The van der Waals surface area contributed by atoms with Crippen molar-refractivity contribution in [3.05, 3.63) is 59.5 Å². The summed E-state index contributed by atoms with van der Waals surface area (Å²) in [7, 11) is 0. The number of imidazole rings is 1. The van der Waals surface area contributed by atoms with Crippen LogP contribution in [0.15, 0.2) is 42.7 Å². The molecular formula is C17H16N2O2. The van der Waals surface area contributed by atoms with E-state index in [1.54, 1.807) is 6.20 Å². The SMILES string of the molecule is Cc1cccc(-c2ccc3ncc(CC(=O)O)n3c2)c1C. The van der Waals surface area contributed by atoms with E-state index in [4.69, 9.17) is 5.11 Å². The minimum absolute atomic E-state index is 0.0303. The van der Waals surface area contributed by atoms with Crippen LogP contribution in [0.1, 0.15) is 16.8 Å². The third-order valence-electron chi connectivity index (χ3n) is 3.83. The van der Waals surface area contributed by atoms with Crippen molar-refractivity contribution in [3.63, 3.8) is 0 Å². The second kappa shape index (κ2) is 5.05. The van der Waals surface area contributed by atoms with Crippen LogP contribution in [0, 0.1) is 13.8 Å². The molecular weight excluding hydrogens is 264 g/mol. The normalized spacial score (nSPS) is 11.0. The van der Waals surface area contributed by atoms with Crippen molar-refractivity contribution in [1.82, 2.24) is 9.38 Å². The molecule has 0 bridgehead atoms. The zero-order chi connectivity index (χ0) is 15.0. The first-order chi connectivity index (χ1) is 10.1. The predicted molar refractivity (Wildman–Crippen MR) is 81.4 cm³/mol. The molecule has 0 spiro atoms. The molecule has 0 saturated carbocycles. The van der Waals surface area contributed by atoms with Gasteiger partial charge in [0.2, 0.25) is 0 Å². The highest BCUT2D eigenvalue weighted by molar-refractivity contribution is 5.72. The fourth-order valence-corrected chi connectivity index (χ4v) is 2.54. The van der Waals surface area contributed by atoms with Gasteiger partial charge in [0, 0.05) is 12.4 Å². The molecule has 0 aliphatic carbocycles. The van der Waals surface area contributed by atoms with Gasteiger partial charge in [-0.05, 0) is 48.2 Å². The van der Waals surface area contributed by atoms with Crippen LogP contribution in [0.2, 0.25) is 0 Å². The topological polar surface area (TPSA) is 54.6 Å². The van der Waals surface area contributed by atoms with Crippen LogP contribution in [0.25, 0.3) is 16.8 Å². The van der Waals surface area contributed by atoms with Crippen molar-refractivity contribution < 1.29 is 9.90 Å². The second-order valence-corrected chi connectivity index (χ2v) is 5.21. The van der Waals surface area contributed by atoms with E-state index < -0.39 is 5.97 Å². The monoisotopic (exact) mass is 280 g/mol. The van der Waals surface area contributed by atoms with Crippen molar-refractivity contribution in [1.29, 1.82) is 0 Å². The summed E-state index contributed by atoms with van der Waals surface area (Å²) in [4.78, 5) is 15.2. The van der Waals surface area contributed by atoms with Crippen molar-refractivity contribution in [2.75, 3.05) is 0 Å². The van der Waals surface area contributed by atoms with E-state index in [1.165, 1.54) is 11.1 Å². The number of aryl methyl sites for hydroxylation is 1. The van der Waals surface area contributed by atoms with Gasteiger partial charge in [0.25, 0.3) is 0 Å². The predicted octanol–water partition coefficient (Wildman–Crippen LogP) is 3.25. The quantitative estimate of drug-likeness (QED) is 0.801. The second-order valence-electron chi connectivity index (χ2n) is 5.21. The summed E-state index contributed by atoms with van der Waals surface area (Å²) in [6, 6.07) is 10.1. The third-order valence-corrected chi connectivity index (χ3v) is 3.83. The standard InChI is InChI=1S/C17H16N2O2/c1-11-4-3-5-15(12(11)2)13-6-7-16-18-9-14(8-17(20)21)19(16)10-13/h3-7,9-10H,8H2,1-2H3,(H,20,21). The van der Waals surface area contributed by atoms with Crippen LogP contribution < -0.4 is 0 Å². The summed E-state index contributed by atoms with van der Waals surface area (Å²) in [6.07, 6.45) is 3.55. The molecule has 4 nitrogen and oxygen atoms in total. The van der Waals surface area contributed by atoms with Gasteiger partial charge in [-0.3, -0.25) is 4.79 Å². The molecule has 106 valence electrons. The maximum atomic E-state index is 10.9. The Morgan fingerprint density at radius 3 is 2.81 bits per heavy atom. The first-order valence-electron chi connectivity index (χ1n) is 6.80. The lowest BCUT2D eigenvalue weighted by atomic mass is 9.98. The molecule has 21 heavy (non-hydrogen) atoms. The Labute approximate surface area is 122 Å². The molecule has 0 saturated heterocycles. The average molecular weight is 280 g/mol. The van der Waals surface area contributed by atoms with Gasteiger partial charge < -0.3 is 9.51 Å². The minimum atomic E-state index is -0.853. The summed E-state index contributed by atoms with van der Waals surface area (Å²) < 4.78 is 1.85. The number of aliphatic carboxylic acids is 1. The van der Waals surface area contributed by atoms with E-state index in [9.17, 15) is 4.79 Å². The van der Waals surface area contributed by atoms with Crippen LogP contribution in [0.5, 0.6) is 0 Å². The van der Waals surface area contributed by atoms with Crippen LogP contribution in [0.4, 0.5) is 0 Å². The molecule has 4 heteroatoms. The van der Waals surface area contributed by atoms with Crippen molar-refractivity contribution in [2.45, 2.75) is 20.3 Å². The molecule has 0 atom stereocenters. The van der Waals surface area contributed by atoms with Crippen LogP contribution in [-0.2, 0) is 11.2 Å². The largest absolute Gasteiger partial charge is 0.481 e. The Morgan fingerprint density at radius 1 is 1.24 bits per heavy atom. The van der Waals surface area contributed by atoms with Crippen molar-refractivity contribution in [3.8, 4) is 11.1 Å². The fraction of sp³-hybridized carbons (Fsp3) is 0.176. The molecule has 0 radical (unpaired) electrons. The first kappa shape index (κ1) is 13.4. The lowest BCUT2D eigenvalue weighted by Gasteiger charge is -2.10. The van der Waals surface area contributed by atoms with E-state index in [2.05, 4.69) is 31.0 Å². The van der Waals surface area contributed by atoms with Crippen molar-refractivity contribution >= 4 is 11.6 Å². The smallest absolute Gasteiger partial charge is 0.309 e. The molecule has 0 aliphatic heterocycles. The van der Waals surface area contributed by atoms with Gasteiger partial charge in [0.1, 0.15) is 5.65 Å². The van der Waals surface area contributed by atoms with Gasteiger partial charge in [0.05, 0.1) is 12.1 Å². The van der Waals surface area contributed by atoms with Gasteiger partial charge in [-0.2, -0.15) is 0 Å². The molecule has 3 rings (SSSR count). The molecule has 2 heterocycles. The van der Waals surface area contributed by atoms with Crippen LogP contribution in [-0.4, -0.2) is 20.5 Å². The Kier molecular flexibility index (Phi) is 3.22. The van der Waals surface area contributed by atoms with E-state index in [0.29, 0.717) is 5.69 Å². The molecule has 1 N–H and O–H groups in total. The van der Waals surface area contributed by atoms with E-state index in [1.807, 2.05) is 28.8 Å². The van der Waals surface area contributed by atoms with E-state index >= 15 is 0 Å². The number of carboxylic acid groups (broad SMARTS) is 1. The third kappa shape index (κ3) is 2.40. The number of rotatable bonds is 3. The van der Waals surface area contributed by atoms with Gasteiger partial charge in [-0.25, -0.2) is 4.98 Å². The number of benzene rings is 1. The van der Waals surface area contributed by atoms with Crippen LogP contribution in [0.3, 0.4) is 0 Å². The highest BCUT2D eigenvalue weighted by Gasteiger charge is 2.10. The molecule has 0 fully saturated rings. The van der Waals surface area contributed by atoms with Gasteiger partial charge in [-0.15, -0.1) is 0 Å². The Bertz CT molecular complexity index is 834. The lowest BCUT2D eigenvalue weighted by Crippen LogP contribution is -2.03. The van der Waals surface area contributed by atoms with Gasteiger partial charge in [-0.1, -0.05) is 18.2 Å². The molecule has 0 amide bonds. The molecule has 0 aliphatic rings. The van der Waals surface area contributed by atoms with Crippen LogP contribution >= 0.6 is 0 Å². The summed E-state index contributed by atoms with van der Waals surface area (Å²) in [5, 5.41) is 8.97. The highest BCUT2D eigenvalue weighted by atomic mass is 16.4. The Hall–Kier alpha value is -2.62. The maximum Gasteiger partial charge on any atom is 0.309 e. The zero-order valence-corrected chi connectivity index (χ0v) is 12.0. The molecule has 1 aromatic carbocycles. The molecule has 3 aromatic rings. The number of carbonyl (C=O) groups is 1. The average Bonchev–Trinajstić information content (AvgIpc) is 2.84. The number of nitrogens with zero attached hydrogens (tertiary/aromatic N) is 2. The maximum absolute atomic E-state index is 10.9. The van der Waals surface area contributed by atoms with E-state index in [0.717, 1.165) is 16.8 Å². The zero-order valence-electron chi connectivity index (χ0n) is 12.0. The van der Waals surface area contributed by atoms with Gasteiger partial charge in [0.15, 0.2) is 0 Å². The number of carboxylic acids is 1. The number of fused-ring (bicyclic) bond motifs is 1. The Balaban J connectivity index is 2.16.